The first-order valence-electron chi connectivity index (χ1n) is 8.06. The van der Waals surface area contributed by atoms with Gasteiger partial charge in [-0.05, 0) is 55.5 Å². The summed E-state index contributed by atoms with van der Waals surface area (Å²) in [6.07, 6.45) is 0. The van der Waals surface area contributed by atoms with E-state index in [1.807, 2.05) is 0 Å². The molecule has 0 spiro atoms. The molecule has 0 fully saturated rings. The molecule has 2 aromatic carbocycles. The van der Waals surface area contributed by atoms with Crippen molar-refractivity contribution >= 4 is 17.6 Å². The molecule has 0 radical (unpaired) electrons. The molecule has 6 nitrogen and oxygen atoms in total. The van der Waals surface area contributed by atoms with Gasteiger partial charge in [0.25, 0.3) is 5.91 Å². The SMILES string of the molecule is CCNC(=O)CNC(=O)COc1ccc(C(=O)c2ccc(F)cc2)cc1. The first kappa shape index (κ1) is 19.1. The van der Waals surface area contributed by atoms with Crippen LogP contribution in [0.3, 0.4) is 0 Å². The Morgan fingerprint density at radius 3 is 2.04 bits per heavy atom. The highest BCUT2D eigenvalue weighted by molar-refractivity contribution is 6.09. The van der Waals surface area contributed by atoms with Crippen LogP contribution in [0.4, 0.5) is 4.39 Å². The monoisotopic (exact) mass is 358 g/mol. The van der Waals surface area contributed by atoms with Gasteiger partial charge in [0.05, 0.1) is 6.54 Å². The van der Waals surface area contributed by atoms with Gasteiger partial charge in [0, 0.05) is 17.7 Å². The summed E-state index contributed by atoms with van der Waals surface area (Å²) in [6.45, 7) is 1.92. The molecule has 2 N–H and O–H groups in total. The van der Waals surface area contributed by atoms with E-state index in [4.69, 9.17) is 4.74 Å². The van der Waals surface area contributed by atoms with E-state index < -0.39 is 11.7 Å². The Morgan fingerprint density at radius 1 is 0.885 bits per heavy atom. The number of halogens is 1. The molecule has 0 saturated carbocycles. The molecule has 0 aliphatic heterocycles. The number of hydrogen-bond donors (Lipinski definition) is 2. The third-order valence-corrected chi connectivity index (χ3v) is 3.41. The van der Waals surface area contributed by atoms with Crippen LogP contribution < -0.4 is 15.4 Å². The quantitative estimate of drug-likeness (QED) is 0.704. The Hall–Kier alpha value is -3.22. The average Bonchev–Trinajstić information content (AvgIpc) is 2.65. The molecule has 0 aliphatic rings. The van der Waals surface area contributed by atoms with E-state index >= 15 is 0 Å². The second-order valence-corrected chi connectivity index (χ2v) is 5.38. The molecule has 0 heterocycles. The summed E-state index contributed by atoms with van der Waals surface area (Å²) in [5.41, 5.74) is 0.800. The number of ether oxygens (including phenoxy) is 1. The summed E-state index contributed by atoms with van der Waals surface area (Å²) in [5, 5.41) is 4.99. The highest BCUT2D eigenvalue weighted by atomic mass is 19.1. The van der Waals surface area contributed by atoms with Gasteiger partial charge in [-0.15, -0.1) is 0 Å². The van der Waals surface area contributed by atoms with Crippen LogP contribution in [0.2, 0.25) is 0 Å². The Morgan fingerprint density at radius 2 is 1.46 bits per heavy atom. The van der Waals surface area contributed by atoms with Crippen molar-refractivity contribution in [2.24, 2.45) is 0 Å². The molecule has 0 unspecified atom stereocenters. The van der Waals surface area contributed by atoms with Crippen molar-refractivity contribution in [1.82, 2.24) is 10.6 Å². The van der Waals surface area contributed by atoms with Gasteiger partial charge >= 0.3 is 0 Å². The van der Waals surface area contributed by atoms with E-state index in [9.17, 15) is 18.8 Å². The third kappa shape index (κ3) is 5.70. The molecule has 7 heteroatoms. The lowest BCUT2D eigenvalue weighted by Gasteiger charge is -2.08. The van der Waals surface area contributed by atoms with Crippen LogP contribution in [-0.2, 0) is 9.59 Å². The van der Waals surface area contributed by atoms with Gasteiger partial charge in [0.15, 0.2) is 12.4 Å². The predicted octanol–water partition coefficient (Wildman–Crippen LogP) is 1.69. The Bertz CT molecular complexity index is 773. The molecule has 2 amide bonds. The van der Waals surface area contributed by atoms with Crippen LogP contribution in [0.5, 0.6) is 5.75 Å². The Balaban J connectivity index is 1.85. The van der Waals surface area contributed by atoms with Crippen LogP contribution in [0.15, 0.2) is 48.5 Å². The van der Waals surface area contributed by atoms with Gasteiger partial charge < -0.3 is 15.4 Å². The summed E-state index contributed by atoms with van der Waals surface area (Å²) in [4.78, 5) is 35.1. The average molecular weight is 358 g/mol. The second kappa shape index (κ2) is 9.31. The van der Waals surface area contributed by atoms with Crippen molar-refractivity contribution in [2.75, 3.05) is 19.7 Å². The van der Waals surface area contributed by atoms with E-state index in [1.165, 1.54) is 24.3 Å². The van der Waals surface area contributed by atoms with Crippen LogP contribution in [0.25, 0.3) is 0 Å². The van der Waals surface area contributed by atoms with Crippen LogP contribution in [-0.4, -0.2) is 37.3 Å². The number of hydrogen-bond acceptors (Lipinski definition) is 4. The number of carbonyl (C=O) groups is 3. The van der Waals surface area contributed by atoms with E-state index in [2.05, 4.69) is 10.6 Å². The molecule has 2 aromatic rings. The lowest BCUT2D eigenvalue weighted by atomic mass is 10.0. The topological polar surface area (TPSA) is 84.5 Å². The molecule has 0 bridgehead atoms. The van der Waals surface area contributed by atoms with Gasteiger partial charge in [0.2, 0.25) is 5.91 Å². The number of ketones is 1. The zero-order valence-corrected chi connectivity index (χ0v) is 14.3. The molecular weight excluding hydrogens is 339 g/mol. The third-order valence-electron chi connectivity index (χ3n) is 3.41. The summed E-state index contributed by atoms with van der Waals surface area (Å²) in [6, 6.07) is 11.5. The highest BCUT2D eigenvalue weighted by Crippen LogP contribution is 2.16. The van der Waals surface area contributed by atoms with Gasteiger partial charge in [0.1, 0.15) is 11.6 Å². The number of carbonyl (C=O) groups excluding carboxylic acids is 3. The first-order valence-corrected chi connectivity index (χ1v) is 8.06. The summed E-state index contributed by atoms with van der Waals surface area (Å²) >= 11 is 0. The van der Waals surface area contributed by atoms with Crippen molar-refractivity contribution in [3.8, 4) is 5.75 Å². The summed E-state index contributed by atoms with van der Waals surface area (Å²) < 4.78 is 18.2. The second-order valence-electron chi connectivity index (χ2n) is 5.38. The fourth-order valence-electron chi connectivity index (χ4n) is 2.11. The minimum absolute atomic E-state index is 0.110. The standard InChI is InChI=1S/C19H19FN2O4/c1-2-21-17(23)11-22-18(24)12-26-16-9-5-14(6-10-16)19(25)13-3-7-15(20)8-4-13/h3-10H,2,11-12H2,1H3,(H,21,23)(H,22,24). The highest BCUT2D eigenvalue weighted by Gasteiger charge is 2.10. The lowest BCUT2D eigenvalue weighted by molar-refractivity contribution is -0.127. The van der Waals surface area contributed by atoms with Gasteiger partial charge in [-0.3, -0.25) is 14.4 Å². The van der Waals surface area contributed by atoms with Gasteiger partial charge in [-0.1, -0.05) is 0 Å². The van der Waals surface area contributed by atoms with E-state index in [1.54, 1.807) is 31.2 Å². The van der Waals surface area contributed by atoms with Crippen molar-refractivity contribution in [3.63, 3.8) is 0 Å². The van der Waals surface area contributed by atoms with Crippen molar-refractivity contribution in [2.45, 2.75) is 6.92 Å². The molecule has 0 saturated heterocycles. The smallest absolute Gasteiger partial charge is 0.258 e. The number of likely N-dealkylation sites (N-methyl/N-ethyl adjacent to an activating group) is 1. The van der Waals surface area contributed by atoms with E-state index in [-0.39, 0.29) is 24.8 Å². The first-order chi connectivity index (χ1) is 12.5. The van der Waals surface area contributed by atoms with Crippen molar-refractivity contribution < 1.29 is 23.5 Å². The molecular formula is C19H19FN2O4. The van der Waals surface area contributed by atoms with E-state index in [0.717, 1.165) is 0 Å². The largest absolute Gasteiger partial charge is 0.484 e. The summed E-state index contributed by atoms with van der Waals surface area (Å²) in [7, 11) is 0. The molecule has 0 atom stereocenters. The number of nitrogens with one attached hydrogen (secondary N) is 2. The maximum atomic E-state index is 12.9. The maximum absolute atomic E-state index is 12.9. The number of benzene rings is 2. The molecule has 0 aromatic heterocycles. The van der Waals surface area contributed by atoms with Crippen molar-refractivity contribution in [1.29, 1.82) is 0 Å². The maximum Gasteiger partial charge on any atom is 0.258 e. The number of rotatable bonds is 8. The number of amides is 2. The molecule has 136 valence electrons. The zero-order chi connectivity index (χ0) is 18.9. The normalized spacial score (nSPS) is 10.1. The fourth-order valence-corrected chi connectivity index (χ4v) is 2.11. The van der Waals surface area contributed by atoms with Gasteiger partial charge in [-0.2, -0.15) is 0 Å². The van der Waals surface area contributed by atoms with Gasteiger partial charge in [-0.25, -0.2) is 4.39 Å². The predicted molar refractivity (Wildman–Crippen MR) is 93.5 cm³/mol. The molecule has 0 aliphatic carbocycles. The van der Waals surface area contributed by atoms with Crippen LogP contribution >= 0.6 is 0 Å². The Kier molecular flexibility index (Phi) is 6.84. The van der Waals surface area contributed by atoms with Crippen LogP contribution in [0.1, 0.15) is 22.8 Å². The van der Waals surface area contributed by atoms with E-state index in [0.29, 0.717) is 23.4 Å². The Labute approximate surface area is 150 Å². The molecule has 26 heavy (non-hydrogen) atoms. The summed E-state index contributed by atoms with van der Waals surface area (Å²) in [5.74, 6) is -0.937. The molecule has 2 rings (SSSR count). The van der Waals surface area contributed by atoms with Crippen molar-refractivity contribution in [3.05, 3.63) is 65.5 Å². The minimum Gasteiger partial charge on any atom is -0.484 e. The lowest BCUT2D eigenvalue weighted by Crippen LogP contribution is -2.38. The fraction of sp³-hybridized carbons (Fsp3) is 0.211. The minimum atomic E-state index is -0.428. The van der Waals surface area contributed by atoms with Crippen LogP contribution in [0, 0.1) is 5.82 Å². The zero-order valence-electron chi connectivity index (χ0n) is 14.3.